The summed E-state index contributed by atoms with van der Waals surface area (Å²) in [6.45, 7) is 1.65. The van der Waals surface area contributed by atoms with Gasteiger partial charge in [-0.1, -0.05) is 5.16 Å². The van der Waals surface area contributed by atoms with Crippen molar-refractivity contribution in [3.8, 4) is 5.75 Å². The van der Waals surface area contributed by atoms with Gasteiger partial charge in [0, 0.05) is 6.20 Å². The summed E-state index contributed by atoms with van der Waals surface area (Å²) >= 11 is 0. The number of carbonyl (C=O) groups is 1. The predicted octanol–water partition coefficient (Wildman–Crippen LogP) is 1.02. The van der Waals surface area contributed by atoms with E-state index in [9.17, 15) is 9.90 Å². The molecule has 0 bridgehead atoms. The normalized spacial score (nSPS) is 21.3. The zero-order chi connectivity index (χ0) is 16.4. The third-order valence-electron chi connectivity index (χ3n) is 4.10. The van der Waals surface area contributed by atoms with Crippen LogP contribution >= 0.6 is 0 Å². The van der Waals surface area contributed by atoms with E-state index in [0.29, 0.717) is 24.3 Å². The van der Waals surface area contributed by atoms with Gasteiger partial charge in [-0.2, -0.15) is 0 Å². The lowest BCUT2D eigenvalue weighted by atomic mass is 9.75. The van der Waals surface area contributed by atoms with Crippen LogP contribution in [0.2, 0.25) is 0 Å². The number of carbonyl (C=O) groups excluding carboxylic acids is 1. The van der Waals surface area contributed by atoms with E-state index in [1.165, 1.54) is 0 Å². The van der Waals surface area contributed by atoms with Gasteiger partial charge < -0.3 is 15.2 Å². The number of aromatic nitrogens is 3. The quantitative estimate of drug-likeness (QED) is 0.847. The largest absolute Gasteiger partial charge is 0.495 e. The SMILES string of the molecule is COc1cncc(C(NC(=O)c2nonc2C)C2CC(O)C2)c1. The average molecular weight is 318 g/mol. The molecular formula is C15H18N4O4. The summed E-state index contributed by atoms with van der Waals surface area (Å²) < 4.78 is 9.77. The molecule has 2 heterocycles. The highest BCUT2D eigenvalue weighted by atomic mass is 16.6. The van der Waals surface area contributed by atoms with Crippen molar-refractivity contribution < 1.29 is 19.3 Å². The number of aryl methyl sites for hydroxylation is 1. The highest BCUT2D eigenvalue weighted by molar-refractivity contribution is 5.93. The molecule has 1 aliphatic carbocycles. The van der Waals surface area contributed by atoms with Crippen LogP contribution in [0.1, 0.15) is 40.6 Å². The molecule has 0 radical (unpaired) electrons. The van der Waals surface area contributed by atoms with Crippen LogP contribution in [0.4, 0.5) is 0 Å². The van der Waals surface area contributed by atoms with Crippen molar-refractivity contribution in [3.63, 3.8) is 0 Å². The summed E-state index contributed by atoms with van der Waals surface area (Å²) in [5.74, 6) is 0.377. The van der Waals surface area contributed by atoms with Gasteiger partial charge in [0.05, 0.1) is 25.5 Å². The number of rotatable bonds is 5. The fraction of sp³-hybridized carbons (Fsp3) is 0.467. The van der Waals surface area contributed by atoms with Gasteiger partial charge in [0.25, 0.3) is 5.91 Å². The van der Waals surface area contributed by atoms with E-state index in [1.807, 2.05) is 6.07 Å². The molecule has 8 heteroatoms. The van der Waals surface area contributed by atoms with E-state index in [0.717, 1.165) is 5.56 Å². The summed E-state index contributed by atoms with van der Waals surface area (Å²) in [5, 5.41) is 19.8. The van der Waals surface area contributed by atoms with Gasteiger partial charge in [0.15, 0.2) is 5.69 Å². The first kappa shape index (κ1) is 15.4. The Morgan fingerprint density at radius 3 is 2.83 bits per heavy atom. The molecule has 1 saturated carbocycles. The van der Waals surface area contributed by atoms with Crippen molar-refractivity contribution in [2.45, 2.75) is 31.9 Å². The average Bonchev–Trinajstić information content (AvgIpc) is 2.96. The second kappa shape index (κ2) is 6.33. The van der Waals surface area contributed by atoms with Crippen molar-refractivity contribution in [1.29, 1.82) is 0 Å². The molecule has 3 rings (SSSR count). The molecule has 0 aliphatic heterocycles. The number of methoxy groups -OCH3 is 1. The topological polar surface area (TPSA) is 110 Å². The van der Waals surface area contributed by atoms with Gasteiger partial charge >= 0.3 is 0 Å². The van der Waals surface area contributed by atoms with Crippen LogP contribution in [-0.2, 0) is 0 Å². The summed E-state index contributed by atoms with van der Waals surface area (Å²) in [6, 6.07) is 1.54. The van der Waals surface area contributed by atoms with Crippen molar-refractivity contribution in [3.05, 3.63) is 35.4 Å². The Morgan fingerprint density at radius 1 is 1.43 bits per heavy atom. The van der Waals surface area contributed by atoms with Crippen LogP contribution in [-0.4, -0.2) is 39.5 Å². The highest BCUT2D eigenvalue weighted by Gasteiger charge is 2.36. The zero-order valence-electron chi connectivity index (χ0n) is 12.9. The number of aliphatic hydroxyl groups is 1. The van der Waals surface area contributed by atoms with E-state index in [4.69, 9.17) is 4.74 Å². The summed E-state index contributed by atoms with van der Waals surface area (Å²) in [4.78, 5) is 16.5. The van der Waals surface area contributed by atoms with E-state index >= 15 is 0 Å². The highest BCUT2D eigenvalue weighted by Crippen LogP contribution is 2.38. The van der Waals surface area contributed by atoms with Crippen molar-refractivity contribution in [1.82, 2.24) is 20.6 Å². The third-order valence-corrected chi connectivity index (χ3v) is 4.10. The van der Waals surface area contributed by atoms with E-state index in [1.54, 1.807) is 26.4 Å². The Labute approximate surface area is 132 Å². The van der Waals surface area contributed by atoms with Gasteiger partial charge in [0.1, 0.15) is 11.4 Å². The lowest BCUT2D eigenvalue weighted by Gasteiger charge is -2.38. The Hall–Kier alpha value is -2.48. The number of nitrogens with one attached hydrogen (secondary N) is 1. The number of aliphatic hydroxyl groups excluding tert-OH is 1. The van der Waals surface area contributed by atoms with Gasteiger partial charge in [-0.05, 0) is 42.5 Å². The van der Waals surface area contributed by atoms with Crippen LogP contribution in [0.5, 0.6) is 5.75 Å². The second-order valence-corrected chi connectivity index (χ2v) is 5.69. The minimum Gasteiger partial charge on any atom is -0.495 e. The number of pyridine rings is 1. The maximum Gasteiger partial charge on any atom is 0.275 e. The maximum atomic E-state index is 12.4. The van der Waals surface area contributed by atoms with Crippen molar-refractivity contribution in [2.24, 2.45) is 5.92 Å². The van der Waals surface area contributed by atoms with E-state index in [2.05, 4.69) is 25.2 Å². The zero-order valence-corrected chi connectivity index (χ0v) is 12.9. The number of ether oxygens (including phenoxy) is 1. The van der Waals surface area contributed by atoms with Crippen LogP contribution < -0.4 is 10.1 Å². The Bertz CT molecular complexity index is 696. The van der Waals surface area contributed by atoms with Gasteiger partial charge in [-0.25, -0.2) is 4.63 Å². The fourth-order valence-electron chi connectivity index (χ4n) is 2.74. The molecule has 0 aromatic carbocycles. The van der Waals surface area contributed by atoms with Gasteiger partial charge in [-0.3, -0.25) is 9.78 Å². The molecule has 23 heavy (non-hydrogen) atoms. The first-order chi connectivity index (χ1) is 11.1. The minimum absolute atomic E-state index is 0.128. The Balaban J connectivity index is 1.84. The standard InChI is InChI=1S/C15H18N4O4/c1-8-13(19-23-18-8)15(21)17-14(9-3-11(20)4-9)10-5-12(22-2)7-16-6-10/h5-7,9,11,14,20H,3-4H2,1-2H3,(H,17,21). The molecule has 122 valence electrons. The summed E-state index contributed by atoms with van der Waals surface area (Å²) in [5.41, 5.74) is 1.41. The molecule has 2 N–H and O–H groups in total. The number of nitrogens with zero attached hydrogens (tertiary/aromatic N) is 3. The first-order valence-electron chi connectivity index (χ1n) is 7.35. The molecule has 1 unspecified atom stereocenters. The van der Waals surface area contributed by atoms with E-state index < -0.39 is 0 Å². The monoisotopic (exact) mass is 318 g/mol. The number of hydrogen-bond donors (Lipinski definition) is 2. The van der Waals surface area contributed by atoms with Gasteiger partial charge in [-0.15, -0.1) is 0 Å². The lowest BCUT2D eigenvalue weighted by Crippen LogP contribution is -2.41. The maximum absolute atomic E-state index is 12.4. The molecule has 1 fully saturated rings. The van der Waals surface area contributed by atoms with Crippen LogP contribution in [0.25, 0.3) is 0 Å². The van der Waals surface area contributed by atoms with Crippen LogP contribution in [0, 0.1) is 12.8 Å². The van der Waals surface area contributed by atoms with Crippen LogP contribution in [0.3, 0.4) is 0 Å². The minimum atomic E-state index is -0.363. The molecule has 8 nitrogen and oxygen atoms in total. The fourth-order valence-corrected chi connectivity index (χ4v) is 2.74. The second-order valence-electron chi connectivity index (χ2n) is 5.69. The summed E-state index contributed by atoms with van der Waals surface area (Å²) in [6.07, 6.45) is 4.21. The molecule has 2 aromatic heterocycles. The molecule has 2 aromatic rings. The lowest BCUT2D eigenvalue weighted by molar-refractivity contribution is 0.0233. The molecule has 0 saturated heterocycles. The molecule has 1 aliphatic rings. The predicted molar refractivity (Wildman–Crippen MR) is 78.8 cm³/mol. The van der Waals surface area contributed by atoms with Crippen LogP contribution in [0.15, 0.2) is 23.1 Å². The Morgan fingerprint density at radius 2 is 2.22 bits per heavy atom. The summed E-state index contributed by atoms with van der Waals surface area (Å²) in [7, 11) is 1.56. The molecule has 0 spiro atoms. The third kappa shape index (κ3) is 3.16. The Kier molecular flexibility index (Phi) is 4.24. The number of hydrogen-bond acceptors (Lipinski definition) is 7. The van der Waals surface area contributed by atoms with Crippen molar-refractivity contribution in [2.75, 3.05) is 7.11 Å². The number of amides is 1. The molecule has 1 atom stereocenters. The first-order valence-corrected chi connectivity index (χ1v) is 7.35. The smallest absolute Gasteiger partial charge is 0.275 e. The molecular weight excluding hydrogens is 300 g/mol. The van der Waals surface area contributed by atoms with Gasteiger partial charge in [0.2, 0.25) is 0 Å². The molecule has 1 amide bonds. The van der Waals surface area contributed by atoms with E-state index in [-0.39, 0.29) is 29.7 Å². The van der Waals surface area contributed by atoms with Crippen molar-refractivity contribution >= 4 is 5.91 Å².